The second kappa shape index (κ2) is 7.23. The Kier molecular flexibility index (Phi) is 5.21. The first-order chi connectivity index (χ1) is 11.8. The summed E-state index contributed by atoms with van der Waals surface area (Å²) in [5, 5.41) is 8.23. The van der Waals surface area contributed by atoms with Crippen LogP contribution in [-0.2, 0) is 16.6 Å². The van der Waals surface area contributed by atoms with Crippen LogP contribution in [0.3, 0.4) is 0 Å². The molecule has 136 valence electrons. The van der Waals surface area contributed by atoms with Crippen LogP contribution in [0, 0.1) is 11.8 Å². The molecule has 2 atom stereocenters. The largest absolute Gasteiger partial charge is 0.419 e. The fourth-order valence-electron chi connectivity index (χ4n) is 3.32. The van der Waals surface area contributed by atoms with Crippen LogP contribution in [0.1, 0.15) is 19.7 Å². The van der Waals surface area contributed by atoms with Crippen molar-refractivity contribution in [2.75, 3.05) is 19.3 Å². The molecule has 0 radical (unpaired) electrons. The third-order valence-corrected chi connectivity index (χ3v) is 5.24. The number of hydrogen-bond donors (Lipinski definition) is 1. The van der Waals surface area contributed by atoms with Crippen molar-refractivity contribution in [1.29, 1.82) is 0 Å². The van der Waals surface area contributed by atoms with Gasteiger partial charge >= 0.3 is 0 Å². The highest BCUT2D eigenvalue weighted by Crippen LogP contribution is 2.26. The monoisotopic (exact) mass is 364 g/mol. The summed E-state index contributed by atoms with van der Waals surface area (Å²) in [6.07, 6.45) is 1.21. The van der Waals surface area contributed by atoms with Gasteiger partial charge in [-0.1, -0.05) is 32.0 Å². The second-order valence-corrected chi connectivity index (χ2v) is 8.75. The summed E-state index contributed by atoms with van der Waals surface area (Å²) >= 11 is 0. The fourth-order valence-corrected chi connectivity index (χ4v) is 4.12. The molecule has 1 saturated heterocycles. The third kappa shape index (κ3) is 4.65. The van der Waals surface area contributed by atoms with Crippen molar-refractivity contribution in [2.45, 2.75) is 26.4 Å². The van der Waals surface area contributed by atoms with Gasteiger partial charge in [0.15, 0.2) is 0 Å². The third-order valence-electron chi connectivity index (χ3n) is 4.51. The van der Waals surface area contributed by atoms with E-state index in [0.717, 1.165) is 12.1 Å². The minimum Gasteiger partial charge on any atom is -0.419 e. The van der Waals surface area contributed by atoms with Gasteiger partial charge in [0.25, 0.3) is 0 Å². The minimum atomic E-state index is -3.23. The summed E-state index contributed by atoms with van der Waals surface area (Å²) in [7, 11) is -3.23. The summed E-state index contributed by atoms with van der Waals surface area (Å²) in [5.74, 6) is 1.68. The molecule has 0 spiro atoms. The molecule has 3 rings (SSSR count). The summed E-state index contributed by atoms with van der Waals surface area (Å²) < 4.78 is 31.7. The molecule has 1 fully saturated rings. The number of sulfonamides is 1. The van der Waals surface area contributed by atoms with Gasteiger partial charge in [-0.2, -0.15) is 0 Å². The van der Waals surface area contributed by atoms with E-state index in [9.17, 15) is 8.42 Å². The standard InChI is InChI=1S/C17H24N4O3S/c1-12(2)14-9-21(10-15(14)20-25(3,22)23)11-16-18-19-17(24-16)13-7-5-4-6-8-13/h4-8,12,14-15,20H,9-11H2,1-3H3/t14-,15+/m0/s1. The number of nitrogens with zero attached hydrogens (tertiary/aromatic N) is 3. The van der Waals surface area contributed by atoms with Crippen molar-refractivity contribution in [3.8, 4) is 11.5 Å². The molecule has 1 aliphatic rings. The number of nitrogens with one attached hydrogen (secondary N) is 1. The lowest BCUT2D eigenvalue weighted by Crippen LogP contribution is -2.41. The number of benzene rings is 1. The number of aromatic nitrogens is 2. The summed E-state index contributed by atoms with van der Waals surface area (Å²) in [5.41, 5.74) is 0.888. The number of rotatable bonds is 6. The molecule has 2 aromatic rings. The van der Waals surface area contributed by atoms with Gasteiger partial charge in [0, 0.05) is 24.7 Å². The van der Waals surface area contributed by atoms with Crippen LogP contribution in [0.4, 0.5) is 0 Å². The van der Waals surface area contributed by atoms with Gasteiger partial charge in [0.05, 0.1) is 12.8 Å². The molecule has 8 heteroatoms. The van der Waals surface area contributed by atoms with Crippen molar-refractivity contribution < 1.29 is 12.8 Å². The fraction of sp³-hybridized carbons (Fsp3) is 0.529. The van der Waals surface area contributed by atoms with E-state index in [1.165, 1.54) is 6.26 Å². The van der Waals surface area contributed by atoms with Gasteiger partial charge in [0.2, 0.25) is 21.8 Å². The maximum Gasteiger partial charge on any atom is 0.247 e. The molecule has 25 heavy (non-hydrogen) atoms. The Morgan fingerprint density at radius 3 is 2.60 bits per heavy atom. The zero-order chi connectivity index (χ0) is 18.0. The van der Waals surface area contributed by atoms with Crippen molar-refractivity contribution in [2.24, 2.45) is 11.8 Å². The summed E-state index contributed by atoms with van der Waals surface area (Å²) in [6, 6.07) is 9.54. The van der Waals surface area contributed by atoms with E-state index in [0.29, 0.717) is 30.8 Å². The van der Waals surface area contributed by atoms with Crippen LogP contribution in [0.15, 0.2) is 34.7 Å². The van der Waals surface area contributed by atoms with Gasteiger partial charge < -0.3 is 4.42 Å². The zero-order valence-electron chi connectivity index (χ0n) is 14.7. The van der Waals surface area contributed by atoms with Crippen molar-refractivity contribution >= 4 is 10.0 Å². The predicted molar refractivity (Wildman–Crippen MR) is 95.1 cm³/mol. The van der Waals surface area contributed by atoms with Crippen LogP contribution in [0.25, 0.3) is 11.5 Å². The van der Waals surface area contributed by atoms with Crippen molar-refractivity contribution in [3.63, 3.8) is 0 Å². The van der Waals surface area contributed by atoms with Gasteiger partial charge in [-0.05, 0) is 24.0 Å². The normalized spacial score (nSPS) is 21.9. The Labute approximate surface area is 148 Å². The van der Waals surface area contributed by atoms with E-state index in [1.54, 1.807) is 0 Å². The first-order valence-corrected chi connectivity index (χ1v) is 10.3. The quantitative estimate of drug-likeness (QED) is 0.840. The van der Waals surface area contributed by atoms with E-state index in [4.69, 9.17) is 4.42 Å². The van der Waals surface area contributed by atoms with Gasteiger partial charge in [-0.3, -0.25) is 4.90 Å². The number of hydrogen-bond acceptors (Lipinski definition) is 6. The van der Waals surface area contributed by atoms with E-state index in [-0.39, 0.29) is 12.0 Å². The lowest BCUT2D eigenvalue weighted by molar-refractivity contribution is 0.269. The molecule has 1 aromatic carbocycles. The summed E-state index contributed by atoms with van der Waals surface area (Å²) in [4.78, 5) is 2.16. The Morgan fingerprint density at radius 1 is 1.24 bits per heavy atom. The molecule has 1 aromatic heterocycles. The van der Waals surface area contributed by atoms with Crippen molar-refractivity contribution in [3.05, 3.63) is 36.2 Å². The Balaban J connectivity index is 1.68. The Bertz CT molecular complexity index is 804. The molecular formula is C17H24N4O3S. The topological polar surface area (TPSA) is 88.3 Å². The first-order valence-electron chi connectivity index (χ1n) is 8.39. The molecule has 0 bridgehead atoms. The van der Waals surface area contributed by atoms with E-state index >= 15 is 0 Å². The molecule has 7 nitrogen and oxygen atoms in total. The maximum absolute atomic E-state index is 11.6. The Morgan fingerprint density at radius 2 is 1.96 bits per heavy atom. The smallest absolute Gasteiger partial charge is 0.247 e. The Hall–Kier alpha value is -1.77. The molecule has 0 unspecified atom stereocenters. The van der Waals surface area contributed by atoms with Crippen molar-refractivity contribution in [1.82, 2.24) is 19.8 Å². The highest BCUT2D eigenvalue weighted by atomic mass is 32.2. The van der Waals surface area contributed by atoms with Gasteiger partial charge in [-0.15, -0.1) is 10.2 Å². The first kappa shape index (κ1) is 18.0. The zero-order valence-corrected chi connectivity index (χ0v) is 15.5. The molecule has 0 saturated carbocycles. The highest BCUT2D eigenvalue weighted by Gasteiger charge is 2.36. The lowest BCUT2D eigenvalue weighted by atomic mass is 9.92. The van der Waals surface area contributed by atoms with E-state index in [2.05, 4.69) is 33.7 Å². The van der Waals surface area contributed by atoms with E-state index in [1.807, 2.05) is 30.3 Å². The molecular weight excluding hydrogens is 340 g/mol. The van der Waals surface area contributed by atoms with Gasteiger partial charge in [-0.25, -0.2) is 13.1 Å². The molecule has 0 amide bonds. The predicted octanol–water partition coefficient (Wildman–Crippen LogP) is 1.74. The average molecular weight is 364 g/mol. The van der Waals surface area contributed by atoms with Crippen LogP contribution in [-0.4, -0.2) is 48.9 Å². The van der Waals surface area contributed by atoms with Gasteiger partial charge in [0.1, 0.15) is 0 Å². The van der Waals surface area contributed by atoms with Crippen LogP contribution in [0.2, 0.25) is 0 Å². The van der Waals surface area contributed by atoms with Crippen LogP contribution < -0.4 is 4.72 Å². The molecule has 2 heterocycles. The summed E-state index contributed by atoms with van der Waals surface area (Å²) in [6.45, 7) is 6.19. The second-order valence-electron chi connectivity index (χ2n) is 6.97. The van der Waals surface area contributed by atoms with E-state index < -0.39 is 10.0 Å². The maximum atomic E-state index is 11.6. The highest BCUT2D eigenvalue weighted by molar-refractivity contribution is 7.88. The minimum absolute atomic E-state index is 0.0912. The molecule has 1 N–H and O–H groups in total. The average Bonchev–Trinajstić information content (AvgIpc) is 3.14. The SMILES string of the molecule is CC(C)[C@@H]1CN(Cc2nnc(-c3ccccc3)o2)C[C@H]1NS(C)(=O)=O. The van der Waals surface area contributed by atoms with Crippen LogP contribution in [0.5, 0.6) is 0 Å². The molecule has 0 aliphatic carbocycles. The number of likely N-dealkylation sites (tertiary alicyclic amines) is 1. The molecule has 1 aliphatic heterocycles. The van der Waals surface area contributed by atoms with Crippen LogP contribution >= 0.6 is 0 Å². The lowest BCUT2D eigenvalue weighted by Gasteiger charge is -2.21.